The Labute approximate surface area is 121 Å². The van der Waals surface area contributed by atoms with Crippen LogP contribution in [0.5, 0.6) is 0 Å². The molecule has 0 atom stereocenters. The largest absolute Gasteiger partial charge is 0.392 e. The summed E-state index contributed by atoms with van der Waals surface area (Å²) >= 11 is 5.13. The summed E-state index contributed by atoms with van der Waals surface area (Å²) in [5.41, 5.74) is 5.25. The number of thiocarbonyl (C=S) groups is 1. The number of rotatable bonds is 5. The minimum Gasteiger partial charge on any atom is -0.392 e. The molecule has 0 spiro atoms. The number of carbonyl (C=O) groups is 1. The highest BCUT2D eigenvalue weighted by atomic mass is 32.1. The van der Waals surface area contributed by atoms with Crippen molar-refractivity contribution >= 4 is 23.1 Å². The van der Waals surface area contributed by atoms with Crippen LogP contribution in [0, 0.1) is 5.41 Å². The number of hydrogen-bond donors (Lipinski definition) is 2. The minimum atomic E-state index is -0.558. The van der Waals surface area contributed by atoms with Crippen LogP contribution in [-0.4, -0.2) is 42.0 Å². The molecule has 5 heteroatoms. The Morgan fingerprint density at radius 2 is 1.79 bits per heavy atom. The molecule has 4 nitrogen and oxygen atoms in total. The monoisotopic (exact) mass is 283 g/mol. The zero-order valence-corrected chi connectivity index (χ0v) is 12.4. The second-order valence-corrected chi connectivity index (χ2v) is 6.25. The van der Waals surface area contributed by atoms with Crippen LogP contribution in [0.1, 0.15) is 44.9 Å². The van der Waals surface area contributed by atoms with Crippen molar-refractivity contribution < 1.29 is 4.79 Å². The van der Waals surface area contributed by atoms with E-state index in [1.807, 2.05) is 0 Å². The van der Waals surface area contributed by atoms with Gasteiger partial charge in [-0.05, 0) is 38.8 Å². The third-order valence-corrected chi connectivity index (χ3v) is 4.92. The van der Waals surface area contributed by atoms with E-state index in [0.29, 0.717) is 11.5 Å². The van der Waals surface area contributed by atoms with Gasteiger partial charge in [-0.15, -0.1) is 0 Å². The van der Waals surface area contributed by atoms with E-state index < -0.39 is 5.41 Å². The molecule has 1 amide bonds. The summed E-state index contributed by atoms with van der Waals surface area (Å²) in [4.78, 5) is 15.2. The molecule has 1 heterocycles. The van der Waals surface area contributed by atoms with Gasteiger partial charge in [0.2, 0.25) is 5.91 Å². The first-order chi connectivity index (χ1) is 9.15. The average molecular weight is 283 g/mol. The van der Waals surface area contributed by atoms with E-state index in [4.69, 9.17) is 18.0 Å². The molecule has 2 fully saturated rings. The topological polar surface area (TPSA) is 58.4 Å². The molecule has 1 saturated carbocycles. The first kappa shape index (κ1) is 14.7. The lowest BCUT2D eigenvalue weighted by atomic mass is 9.85. The van der Waals surface area contributed by atoms with Crippen molar-refractivity contribution in [1.29, 1.82) is 0 Å². The molecular formula is C14H25N3OS. The van der Waals surface area contributed by atoms with Crippen LogP contribution in [0.4, 0.5) is 0 Å². The summed E-state index contributed by atoms with van der Waals surface area (Å²) < 4.78 is 0. The predicted molar refractivity (Wildman–Crippen MR) is 81.0 cm³/mol. The van der Waals surface area contributed by atoms with E-state index in [1.54, 1.807) is 0 Å². The fraction of sp³-hybridized carbons (Fsp3) is 0.857. The van der Waals surface area contributed by atoms with Gasteiger partial charge in [0.25, 0.3) is 0 Å². The third kappa shape index (κ3) is 3.45. The molecule has 1 aliphatic carbocycles. The van der Waals surface area contributed by atoms with Gasteiger partial charge in [-0.2, -0.15) is 0 Å². The number of piperidine rings is 1. The van der Waals surface area contributed by atoms with Gasteiger partial charge < -0.3 is 16.0 Å². The molecule has 108 valence electrons. The molecule has 2 aliphatic rings. The van der Waals surface area contributed by atoms with Crippen LogP contribution in [0.25, 0.3) is 0 Å². The van der Waals surface area contributed by atoms with E-state index in [1.165, 1.54) is 19.3 Å². The van der Waals surface area contributed by atoms with Crippen LogP contribution in [0.3, 0.4) is 0 Å². The first-order valence-corrected chi connectivity index (χ1v) is 7.86. The average Bonchev–Trinajstić information content (AvgIpc) is 2.90. The van der Waals surface area contributed by atoms with Crippen molar-refractivity contribution in [1.82, 2.24) is 10.2 Å². The normalized spacial score (nSPS) is 23.2. The Bertz CT molecular complexity index is 334. The Hall–Kier alpha value is -0.680. The van der Waals surface area contributed by atoms with E-state index in [2.05, 4.69) is 10.2 Å². The molecule has 0 bridgehead atoms. The molecular weight excluding hydrogens is 258 g/mol. The SMILES string of the molecule is NC(=S)C1(C(=O)NCCN2CCCCC2)CCCC1. The lowest BCUT2D eigenvalue weighted by molar-refractivity contribution is -0.127. The molecule has 0 aromatic heterocycles. The van der Waals surface area contributed by atoms with Gasteiger partial charge >= 0.3 is 0 Å². The lowest BCUT2D eigenvalue weighted by Crippen LogP contribution is -2.49. The smallest absolute Gasteiger partial charge is 0.233 e. The Morgan fingerprint density at radius 1 is 1.16 bits per heavy atom. The van der Waals surface area contributed by atoms with Crippen molar-refractivity contribution in [3.05, 3.63) is 0 Å². The fourth-order valence-electron chi connectivity index (χ4n) is 3.24. The highest BCUT2D eigenvalue weighted by Gasteiger charge is 2.43. The number of likely N-dealkylation sites (tertiary alicyclic amines) is 1. The molecule has 19 heavy (non-hydrogen) atoms. The second-order valence-electron chi connectivity index (χ2n) is 5.81. The summed E-state index contributed by atoms with van der Waals surface area (Å²) in [5.74, 6) is 0.0505. The molecule has 0 unspecified atom stereocenters. The zero-order valence-electron chi connectivity index (χ0n) is 11.6. The maximum absolute atomic E-state index is 12.4. The zero-order chi connectivity index (χ0) is 13.7. The van der Waals surface area contributed by atoms with Gasteiger partial charge in [0.15, 0.2) is 0 Å². The van der Waals surface area contributed by atoms with E-state index in [9.17, 15) is 4.79 Å². The van der Waals surface area contributed by atoms with Gasteiger partial charge in [0.1, 0.15) is 0 Å². The van der Waals surface area contributed by atoms with Gasteiger partial charge in [-0.1, -0.05) is 31.5 Å². The summed E-state index contributed by atoms with van der Waals surface area (Å²) in [5, 5.41) is 3.05. The standard InChI is InChI=1S/C14H25N3OS/c15-12(19)14(6-2-3-7-14)13(18)16-8-11-17-9-4-1-5-10-17/h1-11H2,(H2,15,19)(H,16,18). The van der Waals surface area contributed by atoms with E-state index in [-0.39, 0.29) is 5.91 Å². The van der Waals surface area contributed by atoms with Crippen molar-refractivity contribution in [3.8, 4) is 0 Å². The van der Waals surface area contributed by atoms with Gasteiger partial charge in [0, 0.05) is 13.1 Å². The van der Waals surface area contributed by atoms with E-state index >= 15 is 0 Å². The summed E-state index contributed by atoms with van der Waals surface area (Å²) in [6.07, 6.45) is 7.65. The van der Waals surface area contributed by atoms with Crippen molar-refractivity contribution in [3.63, 3.8) is 0 Å². The van der Waals surface area contributed by atoms with Gasteiger partial charge in [-0.3, -0.25) is 4.79 Å². The summed E-state index contributed by atoms with van der Waals surface area (Å²) in [7, 11) is 0. The maximum Gasteiger partial charge on any atom is 0.233 e. The van der Waals surface area contributed by atoms with Crippen molar-refractivity contribution in [2.45, 2.75) is 44.9 Å². The molecule has 2 rings (SSSR count). The highest BCUT2D eigenvalue weighted by Crippen LogP contribution is 2.38. The van der Waals surface area contributed by atoms with Gasteiger partial charge in [0.05, 0.1) is 10.4 Å². The van der Waals surface area contributed by atoms with Crippen LogP contribution in [-0.2, 0) is 4.79 Å². The lowest BCUT2D eigenvalue weighted by Gasteiger charge is -2.29. The first-order valence-electron chi connectivity index (χ1n) is 7.46. The number of nitrogens with two attached hydrogens (primary N) is 1. The molecule has 0 radical (unpaired) electrons. The number of amides is 1. The fourth-order valence-corrected chi connectivity index (χ4v) is 3.54. The second kappa shape index (κ2) is 6.66. The molecule has 3 N–H and O–H groups in total. The maximum atomic E-state index is 12.4. The van der Waals surface area contributed by atoms with E-state index in [0.717, 1.165) is 45.3 Å². The van der Waals surface area contributed by atoms with Crippen molar-refractivity contribution in [2.24, 2.45) is 11.1 Å². The number of carbonyl (C=O) groups excluding carboxylic acids is 1. The number of hydrogen-bond acceptors (Lipinski definition) is 3. The summed E-state index contributed by atoms with van der Waals surface area (Å²) in [6.45, 7) is 3.98. The highest BCUT2D eigenvalue weighted by molar-refractivity contribution is 7.80. The molecule has 0 aromatic carbocycles. The summed E-state index contributed by atoms with van der Waals surface area (Å²) in [6, 6.07) is 0. The molecule has 1 aliphatic heterocycles. The Balaban J connectivity index is 1.78. The Morgan fingerprint density at radius 3 is 2.37 bits per heavy atom. The predicted octanol–water partition coefficient (Wildman–Crippen LogP) is 1.43. The van der Waals surface area contributed by atoms with Gasteiger partial charge in [-0.25, -0.2) is 0 Å². The van der Waals surface area contributed by atoms with Crippen LogP contribution in [0.2, 0.25) is 0 Å². The third-order valence-electron chi connectivity index (χ3n) is 4.53. The van der Waals surface area contributed by atoms with Crippen LogP contribution < -0.4 is 11.1 Å². The number of nitrogens with zero attached hydrogens (tertiary/aromatic N) is 1. The Kier molecular flexibility index (Phi) is 5.16. The number of nitrogens with one attached hydrogen (secondary N) is 1. The minimum absolute atomic E-state index is 0.0505. The van der Waals surface area contributed by atoms with Crippen molar-refractivity contribution in [2.75, 3.05) is 26.2 Å². The quantitative estimate of drug-likeness (QED) is 0.750. The molecule has 1 saturated heterocycles. The van der Waals surface area contributed by atoms with Crippen LogP contribution in [0.15, 0.2) is 0 Å². The molecule has 0 aromatic rings. The van der Waals surface area contributed by atoms with Crippen LogP contribution >= 0.6 is 12.2 Å².